The fraction of sp³-hybridized carbons (Fsp3) is 0.175. The van der Waals surface area contributed by atoms with Crippen LogP contribution in [0.25, 0.3) is 0 Å². The number of benzene rings is 4. The fourth-order valence-electron chi connectivity index (χ4n) is 5.80. The Hall–Kier alpha value is -5.15. The van der Waals surface area contributed by atoms with Crippen LogP contribution in [0.3, 0.4) is 0 Å². The zero-order valence-corrected chi connectivity index (χ0v) is 31.0. The van der Waals surface area contributed by atoms with E-state index in [0.717, 1.165) is 46.0 Å². The Morgan fingerprint density at radius 2 is 0.980 bits per heavy atom. The Balaban J connectivity index is 0.000000171. The maximum atomic E-state index is 6.15. The Morgan fingerprint density at radius 3 is 1.42 bits per heavy atom. The summed E-state index contributed by atoms with van der Waals surface area (Å²) in [7, 11) is 0. The van der Waals surface area contributed by atoms with Gasteiger partial charge in [-0.1, -0.05) is 60.0 Å². The standard InChI is InChI=1S/C21H22N4O.C19H16N4.Ir/c1-4-26-21-24(17-9-5-15(2)6-10-17)19-20(23-14-13-22-19)25(21)18-11-7-16(3)8-12-18;1-14-3-7-16(8-4-14)22-13-23(17-9-5-15(2)6-10-17)19-18(22)20-11-12-21-19;/h5-14,21H,4H2,1-3H3;3-9,11-13H,1-2H3;/q;-2;. The molecule has 0 saturated carbocycles. The maximum absolute atomic E-state index is 6.15. The van der Waals surface area contributed by atoms with Gasteiger partial charge in [-0.3, -0.25) is 9.80 Å². The number of hydrogen-bond acceptors (Lipinski definition) is 9. The summed E-state index contributed by atoms with van der Waals surface area (Å²) in [4.78, 5) is 26.5. The van der Waals surface area contributed by atoms with Crippen LogP contribution in [-0.2, 0) is 24.8 Å². The van der Waals surface area contributed by atoms with E-state index in [1.807, 2.05) is 30.6 Å². The minimum absolute atomic E-state index is 0. The van der Waals surface area contributed by atoms with E-state index in [1.54, 1.807) is 24.8 Å². The van der Waals surface area contributed by atoms with Gasteiger partial charge in [-0.25, -0.2) is 19.9 Å². The molecule has 0 spiro atoms. The van der Waals surface area contributed by atoms with Crippen molar-refractivity contribution in [2.24, 2.45) is 0 Å². The molecule has 9 nitrogen and oxygen atoms in total. The van der Waals surface area contributed by atoms with Crippen LogP contribution in [0.5, 0.6) is 0 Å². The maximum Gasteiger partial charge on any atom is 0.221 e. The number of anilines is 8. The predicted molar refractivity (Wildman–Crippen MR) is 196 cm³/mol. The average Bonchev–Trinajstić information content (AvgIpc) is 3.67. The largest absolute Gasteiger partial charge is 0.477 e. The molecule has 0 N–H and O–H groups in total. The summed E-state index contributed by atoms with van der Waals surface area (Å²) in [5, 5.41) is 0. The molecule has 0 fully saturated rings. The summed E-state index contributed by atoms with van der Waals surface area (Å²) in [6.45, 7) is 12.9. The van der Waals surface area contributed by atoms with Gasteiger partial charge in [0, 0.05) is 68.6 Å². The first-order chi connectivity index (χ1) is 23.9. The molecule has 4 aromatic carbocycles. The third-order valence-electron chi connectivity index (χ3n) is 8.37. The molecule has 0 saturated heterocycles. The number of fused-ring (bicyclic) bond motifs is 2. The van der Waals surface area contributed by atoms with Gasteiger partial charge in [-0.2, -0.15) is 23.8 Å². The van der Waals surface area contributed by atoms with E-state index in [0.29, 0.717) is 6.61 Å². The second-order valence-electron chi connectivity index (χ2n) is 12.0. The second-order valence-corrected chi connectivity index (χ2v) is 12.0. The molecule has 2 aliphatic heterocycles. The average molecular weight is 839 g/mol. The molecule has 2 aromatic heterocycles. The van der Waals surface area contributed by atoms with E-state index in [2.05, 4.69) is 147 Å². The van der Waals surface area contributed by atoms with Crippen LogP contribution in [0.4, 0.5) is 46.0 Å². The topological polar surface area (TPSA) is 73.8 Å². The molecule has 255 valence electrons. The monoisotopic (exact) mass is 839 g/mol. The van der Waals surface area contributed by atoms with Crippen LogP contribution in [0.2, 0.25) is 0 Å². The first-order valence-corrected chi connectivity index (χ1v) is 16.3. The number of hydrogen-bond donors (Lipinski definition) is 0. The first kappa shape index (κ1) is 34.7. The van der Waals surface area contributed by atoms with Crippen molar-refractivity contribution >= 4 is 46.0 Å². The van der Waals surface area contributed by atoms with Gasteiger partial charge < -0.3 is 14.5 Å². The minimum atomic E-state index is -0.331. The third-order valence-corrected chi connectivity index (χ3v) is 8.37. The SMILES string of the molecule is CCOC1N(c2ccc(C)cc2)c2nccnc2N1c1ccc(C)cc1.Cc1c[c-]c(N2[CH-]N(c3ccc(C)cc3)c3nccnc32)cc1.[Ir]. The van der Waals surface area contributed by atoms with Gasteiger partial charge in [0.2, 0.25) is 6.35 Å². The van der Waals surface area contributed by atoms with Crippen LogP contribution in [0.15, 0.2) is 116 Å². The smallest absolute Gasteiger partial charge is 0.221 e. The van der Waals surface area contributed by atoms with Crippen LogP contribution in [-0.4, -0.2) is 32.9 Å². The van der Waals surface area contributed by atoms with Crippen molar-refractivity contribution < 1.29 is 24.8 Å². The van der Waals surface area contributed by atoms with Crippen LogP contribution >= 0.6 is 0 Å². The van der Waals surface area contributed by atoms with Crippen molar-refractivity contribution in [2.45, 2.75) is 41.0 Å². The minimum Gasteiger partial charge on any atom is -0.477 e. The number of aryl methyl sites for hydroxylation is 4. The van der Waals surface area contributed by atoms with Gasteiger partial charge in [0.25, 0.3) is 0 Å². The Kier molecular flexibility index (Phi) is 10.5. The van der Waals surface area contributed by atoms with Crippen LogP contribution in [0.1, 0.15) is 29.2 Å². The molecular weight excluding hydrogens is 801 g/mol. The van der Waals surface area contributed by atoms with Crippen LogP contribution in [0, 0.1) is 40.4 Å². The molecule has 50 heavy (non-hydrogen) atoms. The van der Waals surface area contributed by atoms with Gasteiger partial charge in [0.15, 0.2) is 11.6 Å². The van der Waals surface area contributed by atoms with Crippen molar-refractivity contribution in [3.63, 3.8) is 0 Å². The summed E-state index contributed by atoms with van der Waals surface area (Å²) < 4.78 is 6.15. The van der Waals surface area contributed by atoms with Crippen molar-refractivity contribution in [1.82, 2.24) is 19.9 Å². The molecule has 1 radical (unpaired) electrons. The molecule has 10 heteroatoms. The molecule has 0 aliphatic carbocycles. The molecule has 2 aliphatic rings. The quantitative estimate of drug-likeness (QED) is 0.153. The molecule has 4 heterocycles. The summed E-state index contributed by atoms with van der Waals surface area (Å²) >= 11 is 0. The predicted octanol–water partition coefficient (Wildman–Crippen LogP) is 9.00. The van der Waals surface area contributed by atoms with E-state index in [1.165, 1.54) is 22.3 Å². The van der Waals surface area contributed by atoms with Gasteiger partial charge in [0.1, 0.15) is 11.6 Å². The first-order valence-electron chi connectivity index (χ1n) is 16.3. The van der Waals surface area contributed by atoms with Gasteiger partial charge in [0.05, 0.1) is 0 Å². The number of aromatic nitrogens is 4. The van der Waals surface area contributed by atoms with Crippen LogP contribution < -0.4 is 19.6 Å². The zero-order valence-electron chi connectivity index (χ0n) is 28.7. The summed E-state index contributed by atoms with van der Waals surface area (Å²) in [6, 6.07) is 34.6. The summed E-state index contributed by atoms with van der Waals surface area (Å²) in [5.74, 6) is 3.24. The van der Waals surface area contributed by atoms with E-state index < -0.39 is 0 Å². The summed E-state index contributed by atoms with van der Waals surface area (Å²) in [5.41, 5.74) is 8.93. The molecule has 8 rings (SSSR count). The number of rotatable bonds is 6. The molecule has 0 bridgehead atoms. The molecular formula is C40H38IrN8O-2. The van der Waals surface area contributed by atoms with Gasteiger partial charge in [-0.05, 0) is 64.1 Å². The molecule has 6 aromatic rings. The van der Waals surface area contributed by atoms with Crippen molar-refractivity contribution in [3.8, 4) is 0 Å². The summed E-state index contributed by atoms with van der Waals surface area (Å²) in [6.07, 6.45) is 6.55. The van der Waals surface area contributed by atoms with E-state index in [4.69, 9.17) is 4.74 Å². The fourth-order valence-corrected chi connectivity index (χ4v) is 5.80. The Bertz CT molecular complexity index is 1880. The zero-order chi connectivity index (χ0) is 33.9. The third kappa shape index (κ3) is 6.96. The van der Waals surface area contributed by atoms with Gasteiger partial charge >= 0.3 is 0 Å². The molecule has 0 amide bonds. The van der Waals surface area contributed by atoms with Crippen molar-refractivity contribution in [2.75, 3.05) is 26.2 Å². The van der Waals surface area contributed by atoms with Crippen molar-refractivity contribution in [3.05, 3.63) is 151 Å². The van der Waals surface area contributed by atoms with E-state index >= 15 is 0 Å². The van der Waals surface area contributed by atoms with Gasteiger partial charge in [-0.15, -0.1) is 18.4 Å². The molecule has 0 unspecified atom stereocenters. The number of ether oxygens (including phenoxy) is 1. The van der Waals surface area contributed by atoms with Crippen molar-refractivity contribution in [1.29, 1.82) is 0 Å². The normalized spacial score (nSPS) is 13.4. The number of nitrogens with zero attached hydrogens (tertiary/aromatic N) is 8. The Morgan fingerprint density at radius 1 is 0.560 bits per heavy atom. The molecule has 0 atom stereocenters. The van der Waals surface area contributed by atoms with E-state index in [9.17, 15) is 0 Å². The second kappa shape index (κ2) is 15.2. The Labute approximate surface area is 307 Å². The van der Waals surface area contributed by atoms with E-state index in [-0.39, 0.29) is 26.5 Å².